The molecule has 1 aromatic carbocycles. The van der Waals surface area contributed by atoms with Crippen molar-refractivity contribution in [1.82, 2.24) is 34.7 Å². The molecule has 3 aromatic heterocycles. The van der Waals surface area contributed by atoms with Crippen LogP contribution in [0.3, 0.4) is 0 Å². The third kappa shape index (κ3) is 3.77. The largest absolute Gasteiger partial charge is 0.384 e. The van der Waals surface area contributed by atoms with E-state index in [9.17, 15) is 14.4 Å². The lowest BCUT2D eigenvalue weighted by molar-refractivity contribution is 0.0516. The minimum Gasteiger partial charge on any atom is -0.384 e. The SMILES string of the molecule is CN1CCC(N2C(=O)c3cc4nc(-c5c(NCCc6c[nH]cn6)cc[nH]c5=O)[nH]c4cc3C2=O)CC1. The Balaban J connectivity index is 1.30. The maximum absolute atomic E-state index is 13.2. The summed E-state index contributed by atoms with van der Waals surface area (Å²) in [5.74, 6) is -0.167. The number of hydrogen-bond acceptors (Lipinski definition) is 7. The van der Waals surface area contributed by atoms with Gasteiger partial charge in [0.2, 0.25) is 0 Å². The number of H-pyrrole nitrogens is 3. The molecule has 0 aliphatic carbocycles. The van der Waals surface area contributed by atoms with E-state index < -0.39 is 0 Å². The quantitative estimate of drug-likeness (QED) is 0.305. The summed E-state index contributed by atoms with van der Waals surface area (Å²) in [5, 5.41) is 3.29. The fourth-order valence-electron chi connectivity index (χ4n) is 5.08. The molecule has 0 saturated carbocycles. The molecule has 6 rings (SSSR count). The maximum atomic E-state index is 13.2. The molecule has 1 saturated heterocycles. The molecular weight excluding hydrogens is 460 g/mol. The number of nitrogens with one attached hydrogen (secondary N) is 4. The molecule has 0 atom stereocenters. The highest BCUT2D eigenvalue weighted by Gasteiger charge is 2.41. The highest BCUT2D eigenvalue weighted by molar-refractivity contribution is 6.23. The van der Waals surface area contributed by atoms with Crippen molar-refractivity contribution in [2.24, 2.45) is 0 Å². The Morgan fingerprint density at radius 3 is 2.64 bits per heavy atom. The van der Waals surface area contributed by atoms with Gasteiger partial charge in [0.05, 0.1) is 39.9 Å². The second kappa shape index (κ2) is 8.76. The third-order valence-corrected chi connectivity index (χ3v) is 7.02. The topological polar surface area (TPSA) is 143 Å². The first-order valence-electron chi connectivity index (χ1n) is 12.0. The molecule has 2 aliphatic heterocycles. The third-order valence-electron chi connectivity index (χ3n) is 7.02. The number of anilines is 1. The molecule has 0 spiro atoms. The number of carbonyl (C=O) groups excluding carboxylic acids is 2. The zero-order valence-corrected chi connectivity index (χ0v) is 19.8. The molecule has 4 N–H and O–H groups in total. The van der Waals surface area contributed by atoms with Gasteiger partial charge in [-0.15, -0.1) is 0 Å². The molecule has 36 heavy (non-hydrogen) atoms. The van der Waals surface area contributed by atoms with Crippen molar-refractivity contribution in [1.29, 1.82) is 0 Å². The average molecular weight is 487 g/mol. The number of amides is 2. The van der Waals surface area contributed by atoms with Gasteiger partial charge in [-0.3, -0.25) is 19.3 Å². The van der Waals surface area contributed by atoms with Gasteiger partial charge in [0.15, 0.2) is 0 Å². The zero-order valence-electron chi connectivity index (χ0n) is 19.8. The Kier molecular flexibility index (Phi) is 5.41. The van der Waals surface area contributed by atoms with E-state index in [2.05, 4.69) is 35.1 Å². The number of rotatable bonds is 6. The molecule has 0 radical (unpaired) electrons. The summed E-state index contributed by atoms with van der Waals surface area (Å²) in [6.07, 6.45) is 7.26. The lowest BCUT2D eigenvalue weighted by Crippen LogP contribution is -2.46. The molecule has 184 valence electrons. The summed E-state index contributed by atoms with van der Waals surface area (Å²) < 4.78 is 0. The number of aromatic amines is 3. The van der Waals surface area contributed by atoms with Gasteiger partial charge in [0.25, 0.3) is 17.4 Å². The molecule has 1 fully saturated rings. The molecule has 2 amide bonds. The van der Waals surface area contributed by atoms with Gasteiger partial charge >= 0.3 is 0 Å². The molecule has 0 bridgehead atoms. The van der Waals surface area contributed by atoms with E-state index in [1.54, 1.807) is 30.7 Å². The number of piperidine rings is 1. The van der Waals surface area contributed by atoms with Gasteiger partial charge in [0.1, 0.15) is 11.4 Å². The van der Waals surface area contributed by atoms with Crippen LogP contribution in [-0.2, 0) is 6.42 Å². The lowest BCUT2D eigenvalue weighted by Gasteiger charge is -2.33. The van der Waals surface area contributed by atoms with Crippen LogP contribution in [0, 0.1) is 0 Å². The standard InChI is InChI=1S/C25H26N8O3/c1-32-8-4-15(5-9-32)33-24(35)16-10-19-20(11-17(16)25(33)36)31-22(30-19)21-18(3-7-28-23(21)34)27-6-2-14-12-26-13-29-14/h3,7,10-13,15H,2,4-6,8-9H2,1H3,(H,26,29)(H,30,31)(H2,27,28,34). The van der Waals surface area contributed by atoms with Gasteiger partial charge in [-0.25, -0.2) is 9.97 Å². The van der Waals surface area contributed by atoms with Crippen molar-refractivity contribution in [3.8, 4) is 11.4 Å². The van der Waals surface area contributed by atoms with E-state index in [-0.39, 0.29) is 23.4 Å². The van der Waals surface area contributed by atoms with Crippen LogP contribution in [0.25, 0.3) is 22.4 Å². The number of benzene rings is 1. The first-order valence-corrected chi connectivity index (χ1v) is 12.0. The highest BCUT2D eigenvalue weighted by atomic mass is 16.2. The number of imide groups is 1. The van der Waals surface area contributed by atoms with Crippen LogP contribution in [0.4, 0.5) is 5.69 Å². The van der Waals surface area contributed by atoms with Crippen LogP contribution in [0.5, 0.6) is 0 Å². The second-order valence-corrected chi connectivity index (χ2v) is 9.35. The number of carbonyl (C=O) groups is 2. The fourth-order valence-corrected chi connectivity index (χ4v) is 5.08. The predicted octanol–water partition coefficient (Wildman–Crippen LogP) is 1.99. The number of aromatic nitrogens is 5. The molecule has 0 unspecified atom stereocenters. The Morgan fingerprint density at radius 2 is 1.89 bits per heavy atom. The predicted molar refractivity (Wildman–Crippen MR) is 134 cm³/mol. The molecule has 11 heteroatoms. The summed E-state index contributed by atoms with van der Waals surface area (Å²) in [6, 6.07) is 5.02. The van der Waals surface area contributed by atoms with E-state index in [1.807, 2.05) is 13.2 Å². The first-order chi connectivity index (χ1) is 17.5. The van der Waals surface area contributed by atoms with Crippen LogP contribution in [0.1, 0.15) is 39.3 Å². The van der Waals surface area contributed by atoms with Gasteiger partial charge < -0.3 is 25.2 Å². The van der Waals surface area contributed by atoms with Crippen LogP contribution < -0.4 is 10.9 Å². The van der Waals surface area contributed by atoms with Gasteiger partial charge in [0, 0.05) is 31.4 Å². The summed E-state index contributed by atoms with van der Waals surface area (Å²) in [6.45, 7) is 2.28. The Bertz CT molecular complexity index is 1460. The molecule has 2 aliphatic rings. The fraction of sp³-hybridized carbons (Fsp3) is 0.320. The van der Waals surface area contributed by atoms with E-state index in [4.69, 9.17) is 0 Å². The van der Waals surface area contributed by atoms with E-state index >= 15 is 0 Å². The summed E-state index contributed by atoms with van der Waals surface area (Å²) in [5.41, 5.74) is 3.47. The number of fused-ring (bicyclic) bond motifs is 2. The van der Waals surface area contributed by atoms with Gasteiger partial charge in [-0.1, -0.05) is 0 Å². The van der Waals surface area contributed by atoms with Crippen molar-refractivity contribution in [2.75, 3.05) is 32.0 Å². The van der Waals surface area contributed by atoms with Crippen molar-refractivity contribution in [3.05, 3.63) is 64.1 Å². The van der Waals surface area contributed by atoms with E-state index in [1.165, 1.54) is 4.90 Å². The van der Waals surface area contributed by atoms with Gasteiger partial charge in [-0.2, -0.15) is 0 Å². The average Bonchev–Trinajstić information content (AvgIpc) is 3.58. The number of nitrogens with zero attached hydrogens (tertiary/aromatic N) is 4. The minimum absolute atomic E-state index is 0.0894. The smallest absolute Gasteiger partial charge is 0.261 e. The van der Waals surface area contributed by atoms with Crippen molar-refractivity contribution in [3.63, 3.8) is 0 Å². The first kappa shape index (κ1) is 22.2. The zero-order chi connectivity index (χ0) is 24.8. The molecular formula is C25H26N8O3. The molecule has 11 nitrogen and oxygen atoms in total. The minimum atomic E-state index is -0.299. The number of pyridine rings is 1. The monoisotopic (exact) mass is 486 g/mol. The van der Waals surface area contributed by atoms with E-state index in [0.717, 1.165) is 31.6 Å². The maximum Gasteiger partial charge on any atom is 0.261 e. The van der Waals surface area contributed by atoms with Crippen molar-refractivity contribution < 1.29 is 9.59 Å². The van der Waals surface area contributed by atoms with Gasteiger partial charge in [-0.05, 0) is 51.2 Å². The summed E-state index contributed by atoms with van der Waals surface area (Å²) in [7, 11) is 2.04. The summed E-state index contributed by atoms with van der Waals surface area (Å²) >= 11 is 0. The van der Waals surface area contributed by atoms with Crippen LogP contribution in [0.15, 0.2) is 41.7 Å². The van der Waals surface area contributed by atoms with E-state index in [0.29, 0.717) is 52.2 Å². The van der Waals surface area contributed by atoms with Crippen LogP contribution in [-0.4, -0.2) is 79.3 Å². The number of likely N-dealkylation sites (tertiary alicyclic amines) is 1. The van der Waals surface area contributed by atoms with Crippen LogP contribution in [0.2, 0.25) is 0 Å². The second-order valence-electron chi connectivity index (χ2n) is 9.35. The Labute approximate surface area is 205 Å². The van der Waals surface area contributed by atoms with Crippen LogP contribution >= 0.6 is 0 Å². The Morgan fingerprint density at radius 1 is 1.11 bits per heavy atom. The Hall–Kier alpha value is -4.25. The number of imidazole rings is 2. The van der Waals surface area contributed by atoms with Crippen molar-refractivity contribution >= 4 is 28.5 Å². The molecule has 4 aromatic rings. The molecule has 5 heterocycles. The number of hydrogen-bond donors (Lipinski definition) is 4. The lowest BCUT2D eigenvalue weighted by atomic mass is 10.0. The normalized spacial score (nSPS) is 16.8. The van der Waals surface area contributed by atoms with Crippen molar-refractivity contribution in [2.45, 2.75) is 25.3 Å². The summed E-state index contributed by atoms with van der Waals surface area (Å²) in [4.78, 5) is 60.5. The highest BCUT2D eigenvalue weighted by Crippen LogP contribution is 2.32.